The van der Waals surface area contributed by atoms with Gasteiger partial charge in [0.1, 0.15) is 17.7 Å². The smallest absolute Gasteiger partial charge is 0.123 e. The first-order valence-electron chi connectivity index (χ1n) is 7.15. The Morgan fingerprint density at radius 1 is 1.19 bits per heavy atom. The normalized spacial score (nSPS) is 16.5. The van der Waals surface area contributed by atoms with Gasteiger partial charge in [-0.25, -0.2) is 4.39 Å². The van der Waals surface area contributed by atoms with Gasteiger partial charge in [-0.15, -0.1) is 11.8 Å². The molecule has 0 radical (unpaired) electrons. The largest absolute Gasteiger partial charge is 0.488 e. The molecule has 0 saturated heterocycles. The third kappa shape index (κ3) is 3.99. The fourth-order valence-corrected chi connectivity index (χ4v) is 3.26. The Labute approximate surface area is 128 Å². The summed E-state index contributed by atoms with van der Waals surface area (Å²) < 4.78 is 18.9. The molecule has 3 rings (SSSR count). The molecular weight excluding hydrogens is 285 g/mol. The first-order valence-corrected chi connectivity index (χ1v) is 8.13. The minimum atomic E-state index is -0.190. The van der Waals surface area contributed by atoms with Gasteiger partial charge in [-0.2, -0.15) is 0 Å². The average Bonchev–Trinajstić information content (AvgIpc) is 2.90. The van der Waals surface area contributed by atoms with Crippen LogP contribution in [0.4, 0.5) is 4.39 Å². The van der Waals surface area contributed by atoms with Gasteiger partial charge in [0.25, 0.3) is 0 Å². The van der Waals surface area contributed by atoms with Crippen molar-refractivity contribution in [2.75, 3.05) is 18.8 Å². The molecule has 0 aliphatic carbocycles. The highest BCUT2D eigenvalue weighted by Gasteiger charge is 2.22. The van der Waals surface area contributed by atoms with E-state index in [1.165, 1.54) is 11.0 Å². The van der Waals surface area contributed by atoms with E-state index in [0.717, 1.165) is 36.6 Å². The summed E-state index contributed by atoms with van der Waals surface area (Å²) in [7, 11) is 0. The van der Waals surface area contributed by atoms with Gasteiger partial charge in [0.15, 0.2) is 0 Å². The van der Waals surface area contributed by atoms with Crippen LogP contribution in [-0.2, 0) is 6.42 Å². The summed E-state index contributed by atoms with van der Waals surface area (Å²) in [6, 6.07) is 15.1. The molecule has 1 aliphatic heterocycles. The number of halogens is 1. The maximum atomic E-state index is 13.1. The first-order chi connectivity index (χ1) is 10.3. The number of benzene rings is 2. The lowest BCUT2D eigenvalue weighted by molar-refractivity contribution is 0.229. The van der Waals surface area contributed by atoms with Crippen molar-refractivity contribution in [1.29, 1.82) is 0 Å². The zero-order valence-electron chi connectivity index (χ0n) is 11.7. The second-order valence-corrected chi connectivity index (χ2v) is 6.23. The molecule has 0 bridgehead atoms. The fourth-order valence-electron chi connectivity index (χ4n) is 2.42. The summed E-state index contributed by atoms with van der Waals surface area (Å²) in [6.07, 6.45) is 0.898. The van der Waals surface area contributed by atoms with Crippen molar-refractivity contribution >= 4 is 11.8 Å². The predicted octanol–water partition coefficient (Wildman–Crippen LogP) is 3.51. The summed E-state index contributed by atoms with van der Waals surface area (Å²) in [6.45, 7) is 1.73. The highest BCUT2D eigenvalue weighted by Crippen LogP contribution is 2.28. The first kappa shape index (κ1) is 14.4. The molecule has 0 spiro atoms. The maximum absolute atomic E-state index is 13.1. The zero-order valence-corrected chi connectivity index (χ0v) is 12.5. The molecule has 2 aromatic rings. The SMILES string of the molecule is Fc1ccc2c(c1)CC(CNCCSc1ccccc1)O2. The lowest BCUT2D eigenvalue weighted by Gasteiger charge is -2.11. The van der Waals surface area contributed by atoms with E-state index in [4.69, 9.17) is 4.74 Å². The van der Waals surface area contributed by atoms with E-state index in [2.05, 4.69) is 29.6 Å². The Balaban J connectivity index is 1.36. The Bertz CT molecular complexity index is 591. The van der Waals surface area contributed by atoms with E-state index >= 15 is 0 Å². The molecule has 1 N–H and O–H groups in total. The van der Waals surface area contributed by atoms with Crippen molar-refractivity contribution in [2.24, 2.45) is 0 Å². The summed E-state index contributed by atoms with van der Waals surface area (Å²) in [5, 5.41) is 3.41. The molecule has 1 atom stereocenters. The summed E-state index contributed by atoms with van der Waals surface area (Å²) in [4.78, 5) is 1.29. The molecule has 1 unspecified atom stereocenters. The number of fused-ring (bicyclic) bond motifs is 1. The third-order valence-corrected chi connectivity index (χ3v) is 4.44. The Morgan fingerprint density at radius 3 is 2.90 bits per heavy atom. The lowest BCUT2D eigenvalue weighted by atomic mass is 10.1. The van der Waals surface area contributed by atoms with Crippen LogP contribution < -0.4 is 10.1 Å². The van der Waals surface area contributed by atoms with Gasteiger partial charge >= 0.3 is 0 Å². The van der Waals surface area contributed by atoms with Crippen molar-refractivity contribution in [1.82, 2.24) is 5.32 Å². The second kappa shape index (κ2) is 6.96. The van der Waals surface area contributed by atoms with Crippen LogP contribution in [-0.4, -0.2) is 24.9 Å². The molecule has 2 nitrogen and oxygen atoms in total. The van der Waals surface area contributed by atoms with Crippen LogP contribution >= 0.6 is 11.8 Å². The van der Waals surface area contributed by atoms with E-state index < -0.39 is 0 Å². The van der Waals surface area contributed by atoms with E-state index in [1.54, 1.807) is 12.1 Å². The predicted molar refractivity (Wildman–Crippen MR) is 84.6 cm³/mol. The minimum absolute atomic E-state index is 0.114. The molecule has 21 heavy (non-hydrogen) atoms. The average molecular weight is 303 g/mol. The van der Waals surface area contributed by atoms with E-state index in [9.17, 15) is 4.39 Å². The van der Waals surface area contributed by atoms with Crippen LogP contribution in [0.5, 0.6) is 5.75 Å². The third-order valence-electron chi connectivity index (χ3n) is 3.43. The van der Waals surface area contributed by atoms with Gasteiger partial charge < -0.3 is 10.1 Å². The number of hydrogen-bond donors (Lipinski definition) is 1. The summed E-state index contributed by atoms with van der Waals surface area (Å²) >= 11 is 1.84. The van der Waals surface area contributed by atoms with Gasteiger partial charge in [0.2, 0.25) is 0 Å². The van der Waals surface area contributed by atoms with Gasteiger partial charge in [0, 0.05) is 35.7 Å². The van der Waals surface area contributed by atoms with Crippen LogP contribution in [0.25, 0.3) is 0 Å². The number of hydrogen-bond acceptors (Lipinski definition) is 3. The number of rotatable bonds is 6. The van der Waals surface area contributed by atoms with Crippen molar-refractivity contribution < 1.29 is 9.13 Å². The van der Waals surface area contributed by atoms with Gasteiger partial charge in [-0.3, -0.25) is 0 Å². The van der Waals surface area contributed by atoms with Crippen LogP contribution in [0.2, 0.25) is 0 Å². The Kier molecular flexibility index (Phi) is 4.78. The monoisotopic (exact) mass is 303 g/mol. The van der Waals surface area contributed by atoms with Gasteiger partial charge in [-0.1, -0.05) is 18.2 Å². The quantitative estimate of drug-likeness (QED) is 0.652. The van der Waals surface area contributed by atoms with Crippen LogP contribution in [0.1, 0.15) is 5.56 Å². The lowest BCUT2D eigenvalue weighted by Crippen LogP contribution is -2.31. The van der Waals surface area contributed by atoms with Crippen molar-refractivity contribution in [2.45, 2.75) is 17.4 Å². The van der Waals surface area contributed by atoms with Crippen LogP contribution in [0.15, 0.2) is 53.4 Å². The zero-order chi connectivity index (χ0) is 14.5. The molecule has 1 heterocycles. The molecule has 2 aromatic carbocycles. The number of nitrogens with one attached hydrogen (secondary N) is 1. The van der Waals surface area contributed by atoms with E-state index in [-0.39, 0.29) is 11.9 Å². The van der Waals surface area contributed by atoms with E-state index in [1.807, 2.05) is 17.8 Å². The Morgan fingerprint density at radius 2 is 2.05 bits per heavy atom. The number of thioether (sulfide) groups is 1. The fraction of sp³-hybridized carbons (Fsp3) is 0.294. The standard InChI is InChI=1S/C17H18FNOS/c18-14-6-7-17-13(10-14)11-15(20-17)12-19-8-9-21-16-4-2-1-3-5-16/h1-7,10,15,19H,8-9,11-12H2. The molecule has 1 aliphatic rings. The summed E-state index contributed by atoms with van der Waals surface area (Å²) in [5.41, 5.74) is 0.973. The van der Waals surface area contributed by atoms with Crippen molar-refractivity contribution in [3.8, 4) is 5.75 Å². The second-order valence-electron chi connectivity index (χ2n) is 5.06. The molecule has 4 heteroatoms. The van der Waals surface area contributed by atoms with Gasteiger partial charge in [0.05, 0.1) is 0 Å². The van der Waals surface area contributed by atoms with E-state index in [0.29, 0.717) is 0 Å². The Hall–Kier alpha value is -1.52. The van der Waals surface area contributed by atoms with Crippen molar-refractivity contribution in [3.63, 3.8) is 0 Å². The number of ether oxygens (including phenoxy) is 1. The van der Waals surface area contributed by atoms with Gasteiger partial charge in [-0.05, 0) is 30.3 Å². The highest BCUT2D eigenvalue weighted by atomic mass is 32.2. The van der Waals surface area contributed by atoms with Crippen LogP contribution in [0.3, 0.4) is 0 Å². The molecule has 0 aromatic heterocycles. The topological polar surface area (TPSA) is 21.3 Å². The minimum Gasteiger partial charge on any atom is -0.488 e. The molecule has 110 valence electrons. The molecule has 0 amide bonds. The molecular formula is C17H18FNOS. The highest BCUT2D eigenvalue weighted by molar-refractivity contribution is 7.99. The van der Waals surface area contributed by atoms with Crippen LogP contribution in [0, 0.1) is 5.82 Å². The molecule has 0 fully saturated rings. The molecule has 0 saturated carbocycles. The summed E-state index contributed by atoms with van der Waals surface area (Å²) in [5.74, 6) is 1.66. The van der Waals surface area contributed by atoms with Crippen molar-refractivity contribution in [3.05, 3.63) is 59.9 Å². The maximum Gasteiger partial charge on any atom is 0.123 e.